The maximum Gasteiger partial charge on any atom is 0.233 e. The fourth-order valence-corrected chi connectivity index (χ4v) is 1.95. The Bertz CT molecular complexity index is 440. The van der Waals surface area contributed by atoms with Crippen molar-refractivity contribution in [3.05, 3.63) is 35.4 Å². The standard InChI is InChI=1S/C15H22N2OS/c1-10(2)9-12-5-7-13(8-6-12)11(3)14(18)17-15(19)16-4/h5-8,10-11H,9H2,1-4H3,(H2,16,17,18,19). The Morgan fingerprint density at radius 3 is 2.26 bits per heavy atom. The summed E-state index contributed by atoms with van der Waals surface area (Å²) in [4.78, 5) is 11.9. The first kappa shape index (κ1) is 15.6. The molecule has 1 aromatic rings. The highest BCUT2D eigenvalue weighted by Crippen LogP contribution is 2.17. The molecule has 3 nitrogen and oxygen atoms in total. The van der Waals surface area contributed by atoms with Crippen molar-refractivity contribution in [3.8, 4) is 0 Å². The summed E-state index contributed by atoms with van der Waals surface area (Å²) in [6.45, 7) is 6.27. The van der Waals surface area contributed by atoms with Crippen LogP contribution in [0.2, 0.25) is 0 Å². The molecule has 0 aromatic heterocycles. The quantitative estimate of drug-likeness (QED) is 0.832. The third kappa shape index (κ3) is 4.99. The molecular weight excluding hydrogens is 256 g/mol. The van der Waals surface area contributed by atoms with Gasteiger partial charge in [0, 0.05) is 7.05 Å². The van der Waals surface area contributed by atoms with E-state index in [2.05, 4.69) is 36.6 Å². The first-order chi connectivity index (χ1) is 8.93. The maximum atomic E-state index is 11.9. The Morgan fingerprint density at radius 1 is 1.21 bits per heavy atom. The number of carbonyl (C=O) groups is 1. The van der Waals surface area contributed by atoms with Crippen LogP contribution in [0.1, 0.15) is 37.8 Å². The van der Waals surface area contributed by atoms with Gasteiger partial charge in [-0.3, -0.25) is 4.79 Å². The Kier molecular flexibility index (Phi) is 5.96. The van der Waals surface area contributed by atoms with E-state index >= 15 is 0 Å². The average Bonchev–Trinajstić information content (AvgIpc) is 2.37. The van der Waals surface area contributed by atoms with Gasteiger partial charge in [0.1, 0.15) is 0 Å². The number of hydrogen-bond acceptors (Lipinski definition) is 2. The topological polar surface area (TPSA) is 41.1 Å². The number of rotatable bonds is 4. The molecule has 2 N–H and O–H groups in total. The Morgan fingerprint density at radius 2 is 1.79 bits per heavy atom. The van der Waals surface area contributed by atoms with Crippen LogP contribution in [0.25, 0.3) is 0 Å². The van der Waals surface area contributed by atoms with E-state index in [4.69, 9.17) is 12.2 Å². The lowest BCUT2D eigenvalue weighted by Crippen LogP contribution is -2.39. The number of benzene rings is 1. The first-order valence-electron chi connectivity index (χ1n) is 6.55. The van der Waals surface area contributed by atoms with Gasteiger partial charge >= 0.3 is 0 Å². The zero-order chi connectivity index (χ0) is 14.4. The molecule has 0 aliphatic rings. The molecule has 104 valence electrons. The SMILES string of the molecule is CNC(=S)NC(=O)C(C)c1ccc(CC(C)C)cc1. The van der Waals surface area contributed by atoms with Crippen LogP contribution in [-0.4, -0.2) is 18.1 Å². The molecule has 1 aromatic carbocycles. The van der Waals surface area contributed by atoms with E-state index in [9.17, 15) is 4.79 Å². The summed E-state index contributed by atoms with van der Waals surface area (Å²) >= 11 is 4.93. The second kappa shape index (κ2) is 7.24. The first-order valence-corrected chi connectivity index (χ1v) is 6.96. The fourth-order valence-electron chi connectivity index (χ4n) is 1.85. The third-order valence-corrected chi connectivity index (χ3v) is 3.29. The van der Waals surface area contributed by atoms with Crippen molar-refractivity contribution in [2.45, 2.75) is 33.1 Å². The predicted molar refractivity (Wildman–Crippen MR) is 83.2 cm³/mol. The molecule has 0 fully saturated rings. The Hall–Kier alpha value is -1.42. The minimum atomic E-state index is -0.209. The molecule has 1 rings (SSSR count). The van der Waals surface area contributed by atoms with E-state index in [0.717, 1.165) is 12.0 Å². The number of nitrogens with one attached hydrogen (secondary N) is 2. The molecule has 0 heterocycles. The van der Waals surface area contributed by atoms with Crippen molar-refractivity contribution >= 4 is 23.2 Å². The van der Waals surface area contributed by atoms with Crippen molar-refractivity contribution in [1.29, 1.82) is 0 Å². The van der Waals surface area contributed by atoms with Gasteiger partial charge in [0.15, 0.2) is 5.11 Å². The summed E-state index contributed by atoms with van der Waals surface area (Å²) in [6, 6.07) is 8.22. The fraction of sp³-hybridized carbons (Fsp3) is 0.467. The molecule has 0 aliphatic carbocycles. The van der Waals surface area contributed by atoms with Crippen molar-refractivity contribution in [1.82, 2.24) is 10.6 Å². The highest BCUT2D eigenvalue weighted by molar-refractivity contribution is 7.80. The van der Waals surface area contributed by atoms with Gasteiger partial charge in [0.2, 0.25) is 5.91 Å². The lowest BCUT2D eigenvalue weighted by Gasteiger charge is -2.13. The molecule has 0 aliphatic heterocycles. The van der Waals surface area contributed by atoms with E-state index in [1.54, 1.807) is 7.05 Å². The monoisotopic (exact) mass is 278 g/mol. The van der Waals surface area contributed by atoms with E-state index in [1.807, 2.05) is 19.1 Å². The Balaban J connectivity index is 2.69. The molecule has 0 bridgehead atoms. The smallest absolute Gasteiger partial charge is 0.233 e. The largest absolute Gasteiger partial charge is 0.365 e. The summed E-state index contributed by atoms with van der Waals surface area (Å²) in [5, 5.41) is 5.74. The molecule has 0 radical (unpaired) electrons. The molecule has 1 atom stereocenters. The molecule has 1 amide bonds. The predicted octanol–water partition coefficient (Wildman–Crippen LogP) is 2.61. The molecule has 0 saturated heterocycles. The minimum Gasteiger partial charge on any atom is -0.365 e. The van der Waals surface area contributed by atoms with Gasteiger partial charge in [0.05, 0.1) is 5.92 Å². The van der Waals surface area contributed by atoms with Crippen molar-refractivity contribution in [2.75, 3.05) is 7.05 Å². The van der Waals surface area contributed by atoms with Gasteiger partial charge in [-0.15, -0.1) is 0 Å². The molecule has 1 unspecified atom stereocenters. The summed E-state index contributed by atoms with van der Waals surface area (Å²) in [7, 11) is 1.69. The van der Waals surface area contributed by atoms with Crippen LogP contribution in [0.15, 0.2) is 24.3 Å². The lowest BCUT2D eigenvalue weighted by atomic mass is 9.96. The van der Waals surface area contributed by atoms with Crippen LogP contribution < -0.4 is 10.6 Å². The number of carbonyl (C=O) groups excluding carboxylic acids is 1. The van der Waals surface area contributed by atoms with Crippen molar-refractivity contribution in [3.63, 3.8) is 0 Å². The van der Waals surface area contributed by atoms with E-state index in [-0.39, 0.29) is 11.8 Å². The van der Waals surface area contributed by atoms with Crippen molar-refractivity contribution < 1.29 is 4.79 Å². The van der Waals surface area contributed by atoms with Gasteiger partial charge < -0.3 is 10.6 Å². The van der Waals surface area contributed by atoms with Gasteiger partial charge in [-0.1, -0.05) is 38.1 Å². The number of amides is 1. The van der Waals surface area contributed by atoms with Crippen molar-refractivity contribution in [2.24, 2.45) is 5.92 Å². The zero-order valence-electron chi connectivity index (χ0n) is 12.0. The van der Waals surface area contributed by atoms with Crippen LogP contribution in [0.3, 0.4) is 0 Å². The third-order valence-electron chi connectivity index (χ3n) is 2.98. The van der Waals surface area contributed by atoms with E-state index in [0.29, 0.717) is 11.0 Å². The summed E-state index contributed by atoms with van der Waals surface area (Å²) in [5.74, 6) is 0.343. The molecule has 19 heavy (non-hydrogen) atoms. The molecular formula is C15H22N2OS. The summed E-state index contributed by atoms with van der Waals surface area (Å²) in [5.41, 5.74) is 2.31. The zero-order valence-corrected chi connectivity index (χ0v) is 12.8. The van der Waals surface area contributed by atoms with Crippen LogP contribution in [-0.2, 0) is 11.2 Å². The maximum absolute atomic E-state index is 11.9. The Labute approximate surface area is 120 Å². The molecule has 4 heteroatoms. The number of thiocarbonyl (C=S) groups is 1. The van der Waals surface area contributed by atoms with Crippen LogP contribution in [0.4, 0.5) is 0 Å². The van der Waals surface area contributed by atoms with Gasteiger partial charge in [-0.2, -0.15) is 0 Å². The van der Waals surface area contributed by atoms with Crippen LogP contribution >= 0.6 is 12.2 Å². The van der Waals surface area contributed by atoms with Gasteiger partial charge in [-0.25, -0.2) is 0 Å². The second-order valence-corrected chi connectivity index (χ2v) is 5.54. The summed E-state index contributed by atoms with van der Waals surface area (Å²) < 4.78 is 0. The van der Waals surface area contributed by atoms with Gasteiger partial charge in [-0.05, 0) is 42.6 Å². The molecule has 0 saturated carbocycles. The van der Waals surface area contributed by atoms with E-state index < -0.39 is 0 Å². The lowest BCUT2D eigenvalue weighted by molar-refractivity contribution is -0.120. The highest BCUT2D eigenvalue weighted by Gasteiger charge is 2.15. The van der Waals surface area contributed by atoms with Crippen LogP contribution in [0, 0.1) is 5.92 Å². The van der Waals surface area contributed by atoms with Crippen LogP contribution in [0.5, 0.6) is 0 Å². The highest BCUT2D eigenvalue weighted by atomic mass is 32.1. The summed E-state index contributed by atoms with van der Waals surface area (Å²) in [6.07, 6.45) is 1.06. The number of hydrogen-bond donors (Lipinski definition) is 2. The van der Waals surface area contributed by atoms with E-state index in [1.165, 1.54) is 5.56 Å². The normalized spacial score (nSPS) is 12.1. The van der Waals surface area contributed by atoms with Gasteiger partial charge in [0.25, 0.3) is 0 Å². The minimum absolute atomic E-state index is 0.0871. The second-order valence-electron chi connectivity index (χ2n) is 5.13. The average molecular weight is 278 g/mol. The molecule has 0 spiro atoms.